The normalized spacial score (nSPS) is 10.8. The van der Waals surface area contributed by atoms with Gasteiger partial charge in [0.05, 0.1) is 29.8 Å². The van der Waals surface area contributed by atoms with E-state index < -0.39 is 4.92 Å². The maximum Gasteiger partial charge on any atom is 0.333 e. The smallest absolute Gasteiger partial charge is 0.333 e. The highest BCUT2D eigenvalue weighted by atomic mass is 16.6. The van der Waals surface area contributed by atoms with Crippen molar-refractivity contribution in [3.8, 4) is 5.88 Å². The number of aromatic nitrogens is 4. The maximum absolute atomic E-state index is 10.9. The zero-order valence-corrected chi connectivity index (χ0v) is 11.7. The highest BCUT2D eigenvalue weighted by Gasteiger charge is 2.24. The van der Waals surface area contributed by atoms with Gasteiger partial charge in [-0.15, -0.1) is 0 Å². The van der Waals surface area contributed by atoms with Crippen molar-refractivity contribution in [3.63, 3.8) is 0 Å². The molecule has 0 fully saturated rings. The molecule has 2 rings (SSSR count). The van der Waals surface area contributed by atoms with Crippen LogP contribution in [0.2, 0.25) is 0 Å². The van der Waals surface area contributed by atoms with Crippen molar-refractivity contribution in [1.82, 2.24) is 19.6 Å². The predicted octanol–water partition coefficient (Wildman–Crippen LogP) is 0.781. The van der Waals surface area contributed by atoms with E-state index in [0.29, 0.717) is 5.88 Å². The Kier molecular flexibility index (Phi) is 3.35. The lowest BCUT2D eigenvalue weighted by Gasteiger charge is -2.06. The first-order chi connectivity index (χ1) is 9.36. The van der Waals surface area contributed by atoms with Crippen LogP contribution in [0.15, 0.2) is 0 Å². The van der Waals surface area contributed by atoms with E-state index in [1.807, 2.05) is 6.92 Å². The number of aryl methyl sites for hydroxylation is 3. The topological polar surface area (TPSA) is 114 Å². The number of hydrogen-bond donors (Lipinski definition) is 1. The lowest BCUT2D eigenvalue weighted by atomic mass is 10.2. The van der Waals surface area contributed by atoms with Crippen LogP contribution in [0.5, 0.6) is 5.88 Å². The van der Waals surface area contributed by atoms with Crippen LogP contribution < -0.4 is 10.5 Å². The summed E-state index contributed by atoms with van der Waals surface area (Å²) in [7, 11) is 3.30. The largest absolute Gasteiger partial charge is 0.481 e. The third-order valence-electron chi connectivity index (χ3n) is 3.11. The van der Waals surface area contributed by atoms with Crippen LogP contribution in [0.4, 0.5) is 11.5 Å². The number of nitrogen functional groups attached to an aromatic ring is 1. The number of rotatable bonds is 4. The molecule has 2 heterocycles. The summed E-state index contributed by atoms with van der Waals surface area (Å²) in [4.78, 5) is 10.4. The average Bonchev–Trinajstić information content (AvgIpc) is 2.77. The van der Waals surface area contributed by atoms with E-state index in [1.54, 1.807) is 25.8 Å². The number of methoxy groups -OCH3 is 1. The summed E-state index contributed by atoms with van der Waals surface area (Å²) in [6.07, 6.45) is 0. The Labute approximate surface area is 115 Å². The van der Waals surface area contributed by atoms with Gasteiger partial charge in [-0.05, 0) is 13.8 Å². The second kappa shape index (κ2) is 4.83. The average molecular weight is 280 g/mol. The molecule has 0 bridgehead atoms. The van der Waals surface area contributed by atoms with Crippen molar-refractivity contribution in [1.29, 1.82) is 0 Å². The maximum atomic E-state index is 10.9. The van der Waals surface area contributed by atoms with Gasteiger partial charge >= 0.3 is 5.69 Å². The molecule has 0 aliphatic carbocycles. The molecule has 0 unspecified atom stereocenters. The first kappa shape index (κ1) is 13.8. The standard InChI is InChI=1S/C11H16N6O3/c1-6-8(11(20-4)15(3)13-6)5-16-10(12)9(17(18)19)7(2)14-16/h5,12H2,1-4H3. The minimum Gasteiger partial charge on any atom is -0.481 e. The fourth-order valence-corrected chi connectivity index (χ4v) is 2.20. The molecule has 108 valence electrons. The minimum atomic E-state index is -0.526. The van der Waals surface area contributed by atoms with Gasteiger partial charge in [0.2, 0.25) is 11.7 Å². The fourth-order valence-electron chi connectivity index (χ4n) is 2.20. The van der Waals surface area contributed by atoms with Crippen LogP contribution in [0.3, 0.4) is 0 Å². The van der Waals surface area contributed by atoms with Crippen LogP contribution in [0, 0.1) is 24.0 Å². The molecular weight excluding hydrogens is 264 g/mol. The molecule has 0 radical (unpaired) electrons. The van der Waals surface area contributed by atoms with Gasteiger partial charge in [-0.3, -0.25) is 10.1 Å². The minimum absolute atomic E-state index is 0.0257. The van der Waals surface area contributed by atoms with Gasteiger partial charge in [-0.2, -0.15) is 10.2 Å². The van der Waals surface area contributed by atoms with Crippen molar-refractivity contribution >= 4 is 11.5 Å². The Morgan fingerprint density at radius 2 is 2.00 bits per heavy atom. The van der Waals surface area contributed by atoms with E-state index in [2.05, 4.69) is 10.2 Å². The van der Waals surface area contributed by atoms with Crippen molar-refractivity contribution in [3.05, 3.63) is 27.1 Å². The van der Waals surface area contributed by atoms with Crippen LogP contribution in [0.25, 0.3) is 0 Å². The zero-order chi connectivity index (χ0) is 15.0. The Hall–Kier alpha value is -2.58. The second-order valence-electron chi connectivity index (χ2n) is 4.43. The Bertz CT molecular complexity index is 672. The molecule has 9 heteroatoms. The SMILES string of the molecule is COc1c(Cn2nc(C)c([N+](=O)[O-])c2N)c(C)nn1C. The number of ether oxygens (including phenoxy) is 1. The summed E-state index contributed by atoms with van der Waals surface area (Å²) in [5.41, 5.74) is 7.47. The van der Waals surface area contributed by atoms with Crippen molar-refractivity contribution in [2.24, 2.45) is 7.05 Å². The quantitative estimate of drug-likeness (QED) is 0.653. The second-order valence-corrected chi connectivity index (χ2v) is 4.43. The number of nitrogens with two attached hydrogens (primary N) is 1. The highest BCUT2D eigenvalue weighted by Crippen LogP contribution is 2.28. The van der Waals surface area contributed by atoms with Gasteiger partial charge < -0.3 is 10.5 Å². The molecule has 0 spiro atoms. The molecule has 0 saturated carbocycles. The molecular formula is C11H16N6O3. The monoisotopic (exact) mass is 280 g/mol. The van der Waals surface area contributed by atoms with Gasteiger partial charge in [-0.25, -0.2) is 9.36 Å². The highest BCUT2D eigenvalue weighted by molar-refractivity contribution is 5.56. The third kappa shape index (κ3) is 2.06. The lowest BCUT2D eigenvalue weighted by molar-refractivity contribution is -0.384. The van der Waals surface area contributed by atoms with Crippen LogP contribution in [-0.2, 0) is 13.6 Å². The molecule has 9 nitrogen and oxygen atoms in total. The molecule has 0 saturated heterocycles. The van der Waals surface area contributed by atoms with Gasteiger partial charge in [-0.1, -0.05) is 0 Å². The molecule has 0 atom stereocenters. The first-order valence-corrected chi connectivity index (χ1v) is 5.90. The Morgan fingerprint density at radius 1 is 1.35 bits per heavy atom. The van der Waals surface area contributed by atoms with Crippen LogP contribution in [0.1, 0.15) is 17.0 Å². The van der Waals surface area contributed by atoms with Gasteiger partial charge in [0, 0.05) is 7.05 Å². The molecule has 2 aromatic heterocycles. The molecule has 0 aromatic carbocycles. The van der Waals surface area contributed by atoms with Crippen LogP contribution >= 0.6 is 0 Å². The summed E-state index contributed by atoms with van der Waals surface area (Å²) in [5.74, 6) is 0.607. The summed E-state index contributed by atoms with van der Waals surface area (Å²) >= 11 is 0. The van der Waals surface area contributed by atoms with Crippen LogP contribution in [-0.4, -0.2) is 31.6 Å². The van der Waals surface area contributed by atoms with Gasteiger partial charge in [0.15, 0.2) is 0 Å². The Balaban J connectivity index is 2.46. The van der Waals surface area contributed by atoms with E-state index in [9.17, 15) is 10.1 Å². The van der Waals surface area contributed by atoms with Crippen molar-refractivity contribution in [2.45, 2.75) is 20.4 Å². The predicted molar refractivity (Wildman–Crippen MR) is 71.6 cm³/mol. The van der Waals surface area contributed by atoms with Crippen molar-refractivity contribution in [2.75, 3.05) is 12.8 Å². The molecule has 2 N–H and O–H groups in total. The molecule has 0 aliphatic rings. The van der Waals surface area contributed by atoms with Crippen molar-refractivity contribution < 1.29 is 9.66 Å². The molecule has 20 heavy (non-hydrogen) atoms. The fraction of sp³-hybridized carbons (Fsp3) is 0.455. The lowest BCUT2D eigenvalue weighted by Crippen LogP contribution is -2.08. The number of hydrogen-bond acceptors (Lipinski definition) is 6. The summed E-state index contributed by atoms with van der Waals surface area (Å²) in [5, 5.41) is 19.3. The summed E-state index contributed by atoms with van der Waals surface area (Å²) < 4.78 is 8.27. The molecule has 2 aromatic rings. The Morgan fingerprint density at radius 3 is 2.50 bits per heavy atom. The summed E-state index contributed by atoms with van der Waals surface area (Å²) in [6, 6.07) is 0. The van der Waals surface area contributed by atoms with E-state index in [-0.39, 0.29) is 23.7 Å². The summed E-state index contributed by atoms with van der Waals surface area (Å²) in [6.45, 7) is 3.65. The first-order valence-electron chi connectivity index (χ1n) is 5.90. The number of nitro groups is 1. The van der Waals surface area contributed by atoms with Gasteiger partial charge in [0.1, 0.15) is 5.69 Å². The number of nitrogens with zero attached hydrogens (tertiary/aromatic N) is 5. The molecule has 0 aliphatic heterocycles. The van der Waals surface area contributed by atoms with Gasteiger partial charge in [0.25, 0.3) is 0 Å². The zero-order valence-electron chi connectivity index (χ0n) is 11.7. The third-order valence-corrected chi connectivity index (χ3v) is 3.11. The van der Waals surface area contributed by atoms with E-state index in [4.69, 9.17) is 10.5 Å². The number of anilines is 1. The van der Waals surface area contributed by atoms with E-state index in [1.165, 1.54) is 4.68 Å². The van der Waals surface area contributed by atoms with E-state index >= 15 is 0 Å². The molecule has 0 amide bonds. The van der Waals surface area contributed by atoms with E-state index in [0.717, 1.165) is 11.3 Å².